The van der Waals surface area contributed by atoms with Crippen molar-refractivity contribution in [2.45, 2.75) is 169 Å². The van der Waals surface area contributed by atoms with Gasteiger partial charge in [0.05, 0.1) is 33.0 Å². The Bertz CT molecular complexity index is 873. The molecule has 0 heterocycles. The third-order valence-electron chi connectivity index (χ3n) is 8.15. The van der Waals surface area contributed by atoms with E-state index < -0.39 is 12.0 Å². The maximum absolute atomic E-state index is 12.2. The first-order chi connectivity index (χ1) is 28.8. The number of hydrogen-bond acceptors (Lipinski definition) is 11. The lowest BCUT2D eigenvalue weighted by molar-refractivity contribution is -0.142. The Morgan fingerprint density at radius 1 is 0.610 bits per heavy atom. The van der Waals surface area contributed by atoms with Gasteiger partial charge in [-0.15, -0.1) is 0 Å². The molecule has 0 radical (unpaired) electrons. The van der Waals surface area contributed by atoms with Crippen LogP contribution in [0.15, 0.2) is 0 Å². The zero-order valence-corrected chi connectivity index (χ0v) is 37.8. The highest BCUT2D eigenvalue weighted by molar-refractivity contribution is 5.83. The molecule has 1 unspecified atom stereocenters. The van der Waals surface area contributed by atoms with E-state index in [4.69, 9.17) is 28.8 Å². The van der Waals surface area contributed by atoms with Crippen molar-refractivity contribution < 1.29 is 57.9 Å². The summed E-state index contributed by atoms with van der Waals surface area (Å²) in [6.07, 6.45) is 23.4. The molecular formula is C43H88N4O12. The van der Waals surface area contributed by atoms with Gasteiger partial charge in [0.25, 0.3) is 0 Å². The summed E-state index contributed by atoms with van der Waals surface area (Å²) in [6.45, 7) is 12.4. The molecule has 0 aliphatic carbocycles. The Balaban J connectivity index is -0.000000599. The van der Waals surface area contributed by atoms with Gasteiger partial charge in [0.1, 0.15) is 18.9 Å². The zero-order chi connectivity index (χ0) is 45.3. The van der Waals surface area contributed by atoms with Gasteiger partial charge >= 0.3 is 5.97 Å². The molecule has 352 valence electrons. The molecule has 16 nitrogen and oxygen atoms in total. The molecule has 7 N–H and O–H groups in total. The van der Waals surface area contributed by atoms with Gasteiger partial charge in [-0.2, -0.15) is 0 Å². The number of aldehydes is 1. The second-order valence-corrected chi connectivity index (χ2v) is 13.0. The van der Waals surface area contributed by atoms with Crippen molar-refractivity contribution in [3.8, 4) is 0 Å². The summed E-state index contributed by atoms with van der Waals surface area (Å²) in [7, 11) is 1.00. The van der Waals surface area contributed by atoms with E-state index in [1.165, 1.54) is 64.2 Å². The van der Waals surface area contributed by atoms with E-state index in [0.717, 1.165) is 64.9 Å². The second kappa shape index (κ2) is 64.0. The number of carbonyl (C=O) groups excluding carboxylic acids is 5. The summed E-state index contributed by atoms with van der Waals surface area (Å²) in [5, 5.41) is 24.4. The first kappa shape index (κ1) is 65.0. The number of rotatable bonds is 40. The minimum absolute atomic E-state index is 0.0461. The highest BCUT2D eigenvalue weighted by Gasteiger charge is 2.19. The molecule has 0 aromatic heterocycles. The van der Waals surface area contributed by atoms with Crippen LogP contribution >= 0.6 is 0 Å². The average Bonchev–Trinajstić information content (AvgIpc) is 3.24. The van der Waals surface area contributed by atoms with Crippen LogP contribution in [0.25, 0.3) is 0 Å². The van der Waals surface area contributed by atoms with Crippen molar-refractivity contribution in [3.63, 3.8) is 0 Å². The molecule has 0 bridgehead atoms. The summed E-state index contributed by atoms with van der Waals surface area (Å²) in [5.74, 6) is -1.42. The van der Waals surface area contributed by atoms with Crippen molar-refractivity contribution in [2.75, 3.05) is 73.1 Å². The van der Waals surface area contributed by atoms with Crippen LogP contribution in [0.3, 0.4) is 0 Å². The average molecular weight is 853 g/mol. The van der Waals surface area contributed by atoms with Gasteiger partial charge in [-0.05, 0) is 45.4 Å². The maximum Gasteiger partial charge on any atom is 0.326 e. The van der Waals surface area contributed by atoms with Crippen molar-refractivity contribution in [1.82, 2.24) is 16.0 Å². The molecule has 0 aromatic carbocycles. The Kier molecular flexibility index (Phi) is 70.4. The lowest BCUT2D eigenvalue weighted by Gasteiger charge is -2.14. The second-order valence-electron chi connectivity index (χ2n) is 13.0. The van der Waals surface area contributed by atoms with Gasteiger partial charge in [-0.1, -0.05) is 104 Å². The van der Waals surface area contributed by atoms with Gasteiger partial charge in [0, 0.05) is 46.3 Å². The lowest BCUT2D eigenvalue weighted by atomic mass is 10.0. The number of aliphatic hydroxyl groups is 1. The molecule has 4 amide bonds. The normalized spacial score (nSPS) is 10.3. The Labute approximate surface area is 357 Å². The number of carbonyl (C=O) groups is 6. The fourth-order valence-corrected chi connectivity index (χ4v) is 5.11. The molecule has 0 aliphatic rings. The summed E-state index contributed by atoms with van der Waals surface area (Å²) in [6, 6.07) is -0.878. The standard InChI is InChI=1S/C34H64N2O9.C5H11NO.C2H6.CH3NO.CH4O/c1-2-42-26-27-44-25-22-35-33(39)30-45-29-28-43-24-19-17-20-31(34(40)41)36-32(38)21-16-14-12-10-8-6-4-3-5-7-9-11-13-15-18-23-37;1-2-3-4-6-5-7;1-2;2-1-3;1-2/h23,31H,2-22,24-30H2,1H3,(H,35,39)(H,36,38)(H,40,41);5H,2-4H2,1H3,(H,6,7);1-2H3;1H,(H2,2,3);2H,1H3. The Hall–Kier alpha value is -3.18. The van der Waals surface area contributed by atoms with Crippen molar-refractivity contribution in [2.24, 2.45) is 5.73 Å². The highest BCUT2D eigenvalue weighted by Crippen LogP contribution is 2.14. The topological polar surface area (TPSA) is 242 Å². The number of aliphatic hydroxyl groups excluding tert-OH is 1. The van der Waals surface area contributed by atoms with Crippen LogP contribution in [-0.2, 0) is 47.7 Å². The van der Waals surface area contributed by atoms with E-state index >= 15 is 0 Å². The Morgan fingerprint density at radius 3 is 1.59 bits per heavy atom. The van der Waals surface area contributed by atoms with Gasteiger partial charge in [-0.3, -0.25) is 19.2 Å². The van der Waals surface area contributed by atoms with Gasteiger partial charge in [-0.25, -0.2) is 4.79 Å². The van der Waals surface area contributed by atoms with Crippen molar-refractivity contribution in [3.05, 3.63) is 0 Å². The molecule has 1 atom stereocenters. The van der Waals surface area contributed by atoms with Crippen molar-refractivity contribution >= 4 is 36.9 Å². The zero-order valence-electron chi connectivity index (χ0n) is 37.8. The first-order valence-electron chi connectivity index (χ1n) is 22.1. The van der Waals surface area contributed by atoms with Crippen LogP contribution in [0.2, 0.25) is 0 Å². The molecule has 0 rings (SSSR count). The van der Waals surface area contributed by atoms with Gasteiger partial charge in [0.15, 0.2) is 0 Å². The molecule has 59 heavy (non-hydrogen) atoms. The number of carboxylic acids is 1. The fraction of sp³-hybridized carbons (Fsp3) is 0.860. The summed E-state index contributed by atoms with van der Waals surface area (Å²) in [4.78, 5) is 63.9. The summed E-state index contributed by atoms with van der Waals surface area (Å²) < 4.78 is 21.3. The minimum atomic E-state index is -1.01. The van der Waals surface area contributed by atoms with E-state index in [1.54, 1.807) is 0 Å². The molecule has 0 saturated carbocycles. The third-order valence-corrected chi connectivity index (χ3v) is 8.15. The summed E-state index contributed by atoms with van der Waals surface area (Å²) in [5.41, 5.74) is 4.17. The molecule has 16 heteroatoms. The summed E-state index contributed by atoms with van der Waals surface area (Å²) >= 11 is 0. The van der Waals surface area contributed by atoms with E-state index in [1.807, 2.05) is 20.8 Å². The van der Waals surface area contributed by atoms with Crippen molar-refractivity contribution in [1.29, 1.82) is 0 Å². The third kappa shape index (κ3) is 66.9. The molecular weight excluding hydrogens is 764 g/mol. The molecule has 0 aromatic rings. The monoisotopic (exact) mass is 853 g/mol. The lowest BCUT2D eigenvalue weighted by Crippen LogP contribution is -2.40. The van der Waals surface area contributed by atoms with Gasteiger partial charge < -0.3 is 55.6 Å². The van der Waals surface area contributed by atoms with Crippen LogP contribution in [-0.4, -0.2) is 126 Å². The Morgan fingerprint density at radius 2 is 1.10 bits per heavy atom. The number of nitrogens with two attached hydrogens (primary N) is 1. The molecule has 0 spiro atoms. The quantitative estimate of drug-likeness (QED) is 0.0324. The predicted molar refractivity (Wildman–Crippen MR) is 234 cm³/mol. The van der Waals surface area contributed by atoms with E-state index in [9.17, 15) is 29.1 Å². The number of hydrogen-bond donors (Lipinski definition) is 6. The number of amides is 4. The smallest absolute Gasteiger partial charge is 0.326 e. The molecule has 0 aliphatic heterocycles. The maximum atomic E-state index is 12.2. The number of ether oxygens (including phenoxy) is 4. The fourth-order valence-electron chi connectivity index (χ4n) is 5.11. The van der Waals surface area contributed by atoms with E-state index in [0.29, 0.717) is 84.9 Å². The largest absolute Gasteiger partial charge is 0.480 e. The van der Waals surface area contributed by atoms with E-state index in [-0.39, 0.29) is 24.8 Å². The number of carboxylic acid groups (broad SMARTS) is 1. The van der Waals surface area contributed by atoms with Crippen LogP contribution in [0.1, 0.15) is 163 Å². The number of unbranched alkanes of at least 4 members (excludes halogenated alkanes) is 16. The number of aliphatic carboxylic acids is 1. The predicted octanol–water partition coefficient (Wildman–Crippen LogP) is 5.64. The SMILES string of the molecule is CC.CCCCNC=O.CCOCCOCCNC(=O)COCCOCCCCC(NC(=O)CCCCCCCCCCCCCCCCC=O)C(=O)O.CO.NC=O. The molecule has 0 fully saturated rings. The van der Waals surface area contributed by atoms with Crippen LogP contribution in [0.5, 0.6) is 0 Å². The van der Waals surface area contributed by atoms with Crippen LogP contribution in [0, 0.1) is 0 Å². The first-order valence-corrected chi connectivity index (χ1v) is 22.1. The van der Waals surface area contributed by atoms with Crippen LogP contribution < -0.4 is 21.7 Å². The highest BCUT2D eigenvalue weighted by atomic mass is 16.5. The molecule has 0 saturated heterocycles. The minimum Gasteiger partial charge on any atom is -0.480 e. The number of primary amides is 1. The number of nitrogens with one attached hydrogen (secondary N) is 3. The van der Waals surface area contributed by atoms with Gasteiger partial charge in [0.2, 0.25) is 24.6 Å². The van der Waals surface area contributed by atoms with Crippen LogP contribution in [0.4, 0.5) is 0 Å². The van der Waals surface area contributed by atoms with E-state index in [2.05, 4.69) is 28.6 Å².